The van der Waals surface area contributed by atoms with Crippen LogP contribution < -0.4 is 15.8 Å². The van der Waals surface area contributed by atoms with Crippen molar-refractivity contribution in [2.24, 2.45) is 5.92 Å². The Bertz CT molecular complexity index is 440. The van der Waals surface area contributed by atoms with E-state index < -0.39 is 0 Å². The normalized spacial score (nSPS) is 22.3. The minimum Gasteiger partial charge on any atom is -0.473 e. The summed E-state index contributed by atoms with van der Waals surface area (Å²) in [6, 6.07) is 4.34. The molecule has 0 aromatic carbocycles. The fourth-order valence-corrected chi connectivity index (χ4v) is 3.06. The molecule has 0 aliphatic heterocycles. The number of ether oxygens (including phenoxy) is 1. The van der Waals surface area contributed by atoms with Gasteiger partial charge in [0.2, 0.25) is 5.88 Å². The van der Waals surface area contributed by atoms with Gasteiger partial charge in [0.25, 0.3) is 0 Å². The van der Waals surface area contributed by atoms with Crippen LogP contribution in [0.5, 0.6) is 5.88 Å². The van der Waals surface area contributed by atoms with E-state index in [-0.39, 0.29) is 6.10 Å². The van der Waals surface area contributed by atoms with Gasteiger partial charge in [-0.3, -0.25) is 0 Å². The van der Waals surface area contributed by atoms with Crippen LogP contribution in [0.3, 0.4) is 0 Å². The Morgan fingerprint density at radius 1 is 1.29 bits per heavy atom. The van der Waals surface area contributed by atoms with Crippen molar-refractivity contribution >= 4 is 11.5 Å². The van der Waals surface area contributed by atoms with Crippen LogP contribution in [0.1, 0.15) is 59.3 Å². The number of rotatable bonds is 6. The van der Waals surface area contributed by atoms with E-state index in [9.17, 15) is 0 Å². The van der Waals surface area contributed by atoms with Crippen LogP contribution in [0.15, 0.2) is 12.1 Å². The van der Waals surface area contributed by atoms with Crippen LogP contribution in [0.4, 0.5) is 11.5 Å². The predicted octanol–water partition coefficient (Wildman–Crippen LogP) is 4.22. The van der Waals surface area contributed by atoms with Crippen LogP contribution in [0, 0.1) is 5.92 Å². The number of anilines is 2. The van der Waals surface area contributed by atoms with Crippen molar-refractivity contribution < 1.29 is 4.74 Å². The summed E-state index contributed by atoms with van der Waals surface area (Å²) in [6.45, 7) is 6.24. The van der Waals surface area contributed by atoms with Gasteiger partial charge in [0.05, 0.1) is 11.8 Å². The molecule has 1 aliphatic rings. The number of nitrogen functional groups attached to an aromatic ring is 1. The Morgan fingerprint density at radius 2 is 2.00 bits per heavy atom. The van der Waals surface area contributed by atoms with Crippen LogP contribution in [0.25, 0.3) is 0 Å². The molecule has 0 spiro atoms. The van der Waals surface area contributed by atoms with Gasteiger partial charge in [0.1, 0.15) is 5.82 Å². The van der Waals surface area contributed by atoms with E-state index in [2.05, 4.69) is 17.2 Å². The summed E-state index contributed by atoms with van der Waals surface area (Å²) in [5.41, 5.74) is 6.51. The van der Waals surface area contributed by atoms with Crippen LogP contribution >= 0.6 is 0 Å². The zero-order valence-electron chi connectivity index (χ0n) is 13.6. The van der Waals surface area contributed by atoms with Gasteiger partial charge in [-0.05, 0) is 57.6 Å². The molecule has 21 heavy (non-hydrogen) atoms. The van der Waals surface area contributed by atoms with Crippen LogP contribution in [-0.4, -0.2) is 17.1 Å². The van der Waals surface area contributed by atoms with E-state index in [0.717, 1.165) is 11.7 Å². The van der Waals surface area contributed by atoms with Crippen molar-refractivity contribution in [3.8, 4) is 5.88 Å². The molecule has 1 fully saturated rings. The number of hydrogen-bond donors (Lipinski definition) is 2. The number of pyridine rings is 1. The summed E-state index contributed by atoms with van der Waals surface area (Å²) in [7, 11) is 0. The molecule has 4 heteroatoms. The lowest BCUT2D eigenvalue weighted by molar-refractivity contribution is 0.234. The van der Waals surface area contributed by atoms with Gasteiger partial charge in [-0.15, -0.1) is 0 Å². The molecule has 3 N–H and O–H groups in total. The van der Waals surface area contributed by atoms with Gasteiger partial charge in [-0.25, -0.2) is 0 Å². The average molecular weight is 291 g/mol. The number of nitrogens with zero attached hydrogens (tertiary/aromatic N) is 1. The largest absolute Gasteiger partial charge is 0.473 e. The zero-order valence-corrected chi connectivity index (χ0v) is 13.6. The van der Waals surface area contributed by atoms with Gasteiger partial charge < -0.3 is 15.8 Å². The molecule has 1 aromatic rings. The molecule has 1 aromatic heterocycles. The highest BCUT2D eigenvalue weighted by Crippen LogP contribution is 2.30. The Hall–Kier alpha value is -1.45. The molecule has 4 nitrogen and oxygen atoms in total. The minimum atomic E-state index is 0.0829. The second-order valence-corrected chi connectivity index (χ2v) is 6.41. The molecule has 1 saturated carbocycles. The van der Waals surface area contributed by atoms with Gasteiger partial charge >= 0.3 is 0 Å². The summed E-state index contributed by atoms with van der Waals surface area (Å²) < 4.78 is 5.65. The lowest BCUT2D eigenvalue weighted by Gasteiger charge is -2.29. The lowest BCUT2D eigenvalue weighted by Crippen LogP contribution is -2.26. The van der Waals surface area contributed by atoms with E-state index in [1.807, 2.05) is 26.0 Å². The van der Waals surface area contributed by atoms with E-state index in [4.69, 9.17) is 10.5 Å². The van der Waals surface area contributed by atoms with Crippen molar-refractivity contribution in [2.75, 3.05) is 11.1 Å². The van der Waals surface area contributed by atoms with Crippen molar-refractivity contribution in [3.63, 3.8) is 0 Å². The van der Waals surface area contributed by atoms with Crippen molar-refractivity contribution in [1.82, 2.24) is 4.98 Å². The summed E-state index contributed by atoms with van der Waals surface area (Å²) in [5, 5.41) is 3.54. The van der Waals surface area contributed by atoms with Crippen LogP contribution in [-0.2, 0) is 0 Å². The zero-order chi connectivity index (χ0) is 15.2. The minimum absolute atomic E-state index is 0.0829. The fourth-order valence-electron chi connectivity index (χ4n) is 3.06. The van der Waals surface area contributed by atoms with Gasteiger partial charge in [-0.2, -0.15) is 4.98 Å². The predicted molar refractivity (Wildman–Crippen MR) is 88.7 cm³/mol. The quantitative estimate of drug-likeness (QED) is 0.823. The molecular formula is C17H29N3O. The van der Waals surface area contributed by atoms with E-state index in [1.165, 1.54) is 38.5 Å². The molecule has 2 rings (SSSR count). The van der Waals surface area contributed by atoms with Crippen molar-refractivity contribution in [3.05, 3.63) is 12.1 Å². The Labute approximate surface area is 128 Å². The topological polar surface area (TPSA) is 60.2 Å². The number of aromatic nitrogens is 1. The smallest absolute Gasteiger partial charge is 0.239 e. The first-order chi connectivity index (χ1) is 10.1. The highest BCUT2D eigenvalue weighted by molar-refractivity contribution is 5.53. The van der Waals surface area contributed by atoms with Gasteiger partial charge in [-0.1, -0.05) is 19.8 Å². The summed E-state index contributed by atoms with van der Waals surface area (Å²) >= 11 is 0. The third-order valence-electron chi connectivity index (χ3n) is 4.13. The van der Waals surface area contributed by atoms with E-state index >= 15 is 0 Å². The maximum atomic E-state index is 5.91. The number of hydrogen-bond acceptors (Lipinski definition) is 4. The molecular weight excluding hydrogens is 262 g/mol. The SMILES string of the molecule is CCCC1CCC(Nc2ccc(N)c(OC(C)C)n2)CC1. The lowest BCUT2D eigenvalue weighted by atomic mass is 9.83. The maximum Gasteiger partial charge on any atom is 0.239 e. The Balaban J connectivity index is 1.91. The highest BCUT2D eigenvalue weighted by Gasteiger charge is 2.21. The summed E-state index contributed by atoms with van der Waals surface area (Å²) in [4.78, 5) is 4.50. The second kappa shape index (κ2) is 7.53. The molecule has 0 radical (unpaired) electrons. The Morgan fingerprint density at radius 3 is 2.62 bits per heavy atom. The average Bonchev–Trinajstić information content (AvgIpc) is 2.44. The Kier molecular flexibility index (Phi) is 5.71. The molecule has 118 valence electrons. The molecule has 1 heterocycles. The molecule has 0 atom stereocenters. The maximum absolute atomic E-state index is 5.91. The molecule has 0 bridgehead atoms. The number of nitrogens with two attached hydrogens (primary N) is 1. The second-order valence-electron chi connectivity index (χ2n) is 6.41. The number of nitrogens with one attached hydrogen (secondary N) is 1. The third-order valence-corrected chi connectivity index (χ3v) is 4.13. The first-order valence-electron chi connectivity index (χ1n) is 8.28. The molecule has 1 aliphatic carbocycles. The highest BCUT2D eigenvalue weighted by atomic mass is 16.5. The molecule has 0 amide bonds. The van der Waals surface area contributed by atoms with E-state index in [0.29, 0.717) is 17.6 Å². The van der Waals surface area contributed by atoms with Crippen molar-refractivity contribution in [1.29, 1.82) is 0 Å². The van der Waals surface area contributed by atoms with Crippen LogP contribution in [0.2, 0.25) is 0 Å². The fraction of sp³-hybridized carbons (Fsp3) is 0.706. The standard InChI is InChI=1S/C17H29N3O/c1-4-5-13-6-8-14(9-7-13)19-16-11-10-15(18)17(20-16)21-12(2)3/h10-14H,4-9,18H2,1-3H3,(H,19,20). The van der Waals surface area contributed by atoms with Gasteiger partial charge in [0, 0.05) is 6.04 Å². The summed E-state index contributed by atoms with van der Waals surface area (Å²) in [5.74, 6) is 2.33. The van der Waals surface area contributed by atoms with Crippen molar-refractivity contribution in [2.45, 2.75) is 71.4 Å². The first kappa shape index (κ1) is 15.9. The monoisotopic (exact) mass is 291 g/mol. The molecule has 0 saturated heterocycles. The van der Waals surface area contributed by atoms with E-state index in [1.54, 1.807) is 0 Å². The first-order valence-corrected chi connectivity index (χ1v) is 8.28. The summed E-state index contributed by atoms with van der Waals surface area (Å²) in [6.07, 6.45) is 7.89. The third kappa shape index (κ3) is 4.80. The molecule has 0 unspecified atom stereocenters. The van der Waals surface area contributed by atoms with Gasteiger partial charge in [0.15, 0.2) is 0 Å².